The summed E-state index contributed by atoms with van der Waals surface area (Å²) in [5, 5.41) is 5.44. The van der Waals surface area contributed by atoms with E-state index < -0.39 is 0 Å². The minimum absolute atomic E-state index is 0.0733. The van der Waals surface area contributed by atoms with Crippen LogP contribution in [0.25, 0.3) is 10.8 Å². The maximum absolute atomic E-state index is 13.2. The molecule has 1 aliphatic rings. The van der Waals surface area contributed by atoms with E-state index in [4.69, 9.17) is 16.3 Å². The lowest BCUT2D eigenvalue weighted by molar-refractivity contribution is 0.0851. The molecule has 1 atom stereocenters. The summed E-state index contributed by atoms with van der Waals surface area (Å²) in [5.41, 5.74) is 2.19. The topological polar surface area (TPSA) is 58.6 Å². The highest BCUT2D eigenvalue weighted by Gasteiger charge is 2.29. The number of carbonyl (C=O) groups excluding carboxylic acids is 2. The number of urea groups is 1. The number of fused-ring (bicyclic) bond motifs is 1. The molecule has 4 rings (SSSR count). The van der Waals surface area contributed by atoms with Crippen molar-refractivity contribution < 1.29 is 14.3 Å². The summed E-state index contributed by atoms with van der Waals surface area (Å²) in [5.74, 6) is 0.640. The normalized spacial score (nSPS) is 16.2. The van der Waals surface area contributed by atoms with Crippen LogP contribution in [0.15, 0.2) is 54.6 Å². The maximum Gasteiger partial charge on any atom is 0.321 e. The summed E-state index contributed by atoms with van der Waals surface area (Å²) in [6.07, 6.45) is 1.56. The van der Waals surface area contributed by atoms with Crippen LogP contribution < -0.4 is 10.1 Å². The van der Waals surface area contributed by atoms with Crippen molar-refractivity contribution >= 4 is 39.9 Å². The van der Waals surface area contributed by atoms with E-state index in [-0.39, 0.29) is 17.7 Å². The van der Waals surface area contributed by atoms with Gasteiger partial charge in [-0.05, 0) is 60.4 Å². The molecule has 0 unspecified atom stereocenters. The van der Waals surface area contributed by atoms with E-state index in [9.17, 15) is 9.59 Å². The minimum Gasteiger partial charge on any atom is -0.497 e. The van der Waals surface area contributed by atoms with Crippen LogP contribution in [0.3, 0.4) is 0 Å². The van der Waals surface area contributed by atoms with Gasteiger partial charge < -0.3 is 15.0 Å². The van der Waals surface area contributed by atoms with E-state index in [1.807, 2.05) is 55.5 Å². The third-order valence-electron chi connectivity index (χ3n) is 5.87. The Labute approximate surface area is 186 Å². The van der Waals surface area contributed by atoms with Gasteiger partial charge in [-0.25, -0.2) is 4.79 Å². The van der Waals surface area contributed by atoms with Crippen molar-refractivity contribution in [1.29, 1.82) is 0 Å². The van der Waals surface area contributed by atoms with Gasteiger partial charge in [0.15, 0.2) is 5.78 Å². The first-order chi connectivity index (χ1) is 15.0. The number of nitrogens with one attached hydrogen (secondary N) is 1. The summed E-state index contributed by atoms with van der Waals surface area (Å²) in [4.78, 5) is 27.8. The van der Waals surface area contributed by atoms with E-state index in [2.05, 4.69) is 5.32 Å². The molecule has 1 fully saturated rings. The summed E-state index contributed by atoms with van der Waals surface area (Å²) >= 11 is 6.24. The molecule has 3 aromatic rings. The predicted molar refractivity (Wildman–Crippen MR) is 124 cm³/mol. The number of ketones is 1. The largest absolute Gasteiger partial charge is 0.497 e. The van der Waals surface area contributed by atoms with Crippen molar-refractivity contribution in [2.75, 3.05) is 25.5 Å². The summed E-state index contributed by atoms with van der Waals surface area (Å²) in [6, 6.07) is 16.8. The molecule has 1 aliphatic heterocycles. The highest BCUT2D eigenvalue weighted by atomic mass is 35.5. The van der Waals surface area contributed by atoms with Gasteiger partial charge in [0.25, 0.3) is 0 Å². The predicted octanol–water partition coefficient (Wildman–Crippen LogP) is 5.94. The van der Waals surface area contributed by atoms with Crippen molar-refractivity contribution in [2.24, 2.45) is 5.92 Å². The van der Waals surface area contributed by atoms with Crippen molar-refractivity contribution in [3.05, 3.63) is 70.7 Å². The molecule has 2 amide bonds. The Hall–Kier alpha value is -3.05. The fourth-order valence-electron chi connectivity index (χ4n) is 4.09. The van der Waals surface area contributed by atoms with Gasteiger partial charge in [0, 0.05) is 24.6 Å². The van der Waals surface area contributed by atoms with Crippen LogP contribution in [0.5, 0.6) is 5.75 Å². The lowest BCUT2D eigenvalue weighted by Gasteiger charge is -2.32. The van der Waals surface area contributed by atoms with E-state index >= 15 is 0 Å². The number of nitrogens with zero attached hydrogens (tertiary/aromatic N) is 1. The smallest absolute Gasteiger partial charge is 0.321 e. The molecule has 0 radical (unpaired) electrons. The summed E-state index contributed by atoms with van der Waals surface area (Å²) < 4.78 is 5.27. The number of Topliss-reactive ketones (excluding diaryl/α,β-unsaturated/α-hetero) is 1. The maximum atomic E-state index is 13.2. The number of aryl methyl sites for hydroxylation is 1. The van der Waals surface area contributed by atoms with Gasteiger partial charge in [-0.3, -0.25) is 4.79 Å². The van der Waals surface area contributed by atoms with Crippen LogP contribution >= 0.6 is 11.6 Å². The molecule has 5 nitrogen and oxygen atoms in total. The molecule has 3 aromatic carbocycles. The molecule has 160 valence electrons. The molecule has 0 aromatic heterocycles. The van der Waals surface area contributed by atoms with Gasteiger partial charge in [0.05, 0.1) is 17.8 Å². The fourth-order valence-corrected chi connectivity index (χ4v) is 4.36. The Kier molecular flexibility index (Phi) is 6.14. The molecule has 0 spiro atoms. The van der Waals surface area contributed by atoms with E-state index in [0.717, 1.165) is 34.9 Å². The Morgan fingerprint density at radius 1 is 1.10 bits per heavy atom. The van der Waals surface area contributed by atoms with E-state index in [1.165, 1.54) is 0 Å². The lowest BCUT2D eigenvalue weighted by atomic mass is 9.89. The number of piperidine rings is 1. The first-order valence-electron chi connectivity index (χ1n) is 10.4. The van der Waals surface area contributed by atoms with Crippen LogP contribution in [0.4, 0.5) is 10.5 Å². The highest BCUT2D eigenvalue weighted by molar-refractivity contribution is 6.33. The van der Waals surface area contributed by atoms with Crippen molar-refractivity contribution in [3.63, 3.8) is 0 Å². The Morgan fingerprint density at radius 2 is 1.87 bits per heavy atom. The lowest BCUT2D eigenvalue weighted by Crippen LogP contribution is -2.44. The van der Waals surface area contributed by atoms with Gasteiger partial charge in [-0.2, -0.15) is 0 Å². The SMILES string of the molecule is COc1ccc2cc(C(=O)[C@H]3CCCN(C(=O)Nc4c(C)cccc4Cl)C3)ccc2c1. The van der Waals surface area contributed by atoms with Gasteiger partial charge in [0.2, 0.25) is 0 Å². The van der Waals surface area contributed by atoms with Gasteiger partial charge in [0.1, 0.15) is 5.75 Å². The Bertz CT molecular complexity index is 1120. The third kappa shape index (κ3) is 4.52. The Morgan fingerprint density at radius 3 is 2.65 bits per heavy atom. The van der Waals surface area contributed by atoms with E-state index in [0.29, 0.717) is 29.4 Å². The number of ether oxygens (including phenoxy) is 1. The van der Waals surface area contributed by atoms with Crippen LogP contribution in [-0.2, 0) is 0 Å². The van der Waals surface area contributed by atoms with E-state index in [1.54, 1.807) is 18.1 Å². The molecular weight excluding hydrogens is 412 g/mol. The van der Waals surface area contributed by atoms with Crippen molar-refractivity contribution in [3.8, 4) is 5.75 Å². The monoisotopic (exact) mass is 436 g/mol. The second-order valence-electron chi connectivity index (χ2n) is 7.94. The third-order valence-corrected chi connectivity index (χ3v) is 6.18. The number of benzene rings is 3. The van der Waals surface area contributed by atoms with Crippen LogP contribution in [0.2, 0.25) is 5.02 Å². The quantitative estimate of drug-likeness (QED) is 0.515. The zero-order valence-electron chi connectivity index (χ0n) is 17.7. The zero-order chi connectivity index (χ0) is 22.0. The Balaban J connectivity index is 1.48. The van der Waals surface area contributed by atoms with Gasteiger partial charge >= 0.3 is 6.03 Å². The number of anilines is 1. The first-order valence-corrected chi connectivity index (χ1v) is 10.8. The molecule has 31 heavy (non-hydrogen) atoms. The molecule has 0 saturated carbocycles. The molecule has 1 N–H and O–H groups in total. The number of likely N-dealkylation sites (tertiary alicyclic amines) is 1. The highest BCUT2D eigenvalue weighted by Crippen LogP contribution is 2.28. The minimum atomic E-state index is -0.223. The standard InChI is InChI=1S/C25H25ClN2O3/c1-16-5-3-7-22(26)23(16)27-25(30)28-12-4-6-20(15-28)24(29)19-9-8-18-14-21(31-2)11-10-17(18)13-19/h3,5,7-11,13-14,20H,4,6,12,15H2,1-2H3,(H,27,30)/t20-/m0/s1. The number of methoxy groups -OCH3 is 1. The number of para-hydroxylation sites is 1. The molecule has 0 bridgehead atoms. The number of hydrogen-bond donors (Lipinski definition) is 1. The zero-order valence-corrected chi connectivity index (χ0v) is 18.4. The molecule has 1 saturated heterocycles. The summed E-state index contributed by atoms with van der Waals surface area (Å²) in [6.45, 7) is 2.92. The summed E-state index contributed by atoms with van der Waals surface area (Å²) in [7, 11) is 1.64. The number of amides is 2. The van der Waals surface area contributed by atoms with Crippen molar-refractivity contribution in [1.82, 2.24) is 4.90 Å². The van der Waals surface area contributed by atoms with Crippen LogP contribution in [-0.4, -0.2) is 36.9 Å². The van der Waals surface area contributed by atoms with Crippen LogP contribution in [0.1, 0.15) is 28.8 Å². The molecule has 0 aliphatic carbocycles. The molecular formula is C25H25ClN2O3. The first kappa shape index (κ1) is 21.2. The number of hydrogen-bond acceptors (Lipinski definition) is 3. The van der Waals surface area contributed by atoms with Gasteiger partial charge in [-0.15, -0.1) is 0 Å². The van der Waals surface area contributed by atoms with Crippen LogP contribution in [0, 0.1) is 12.8 Å². The average Bonchev–Trinajstić information content (AvgIpc) is 2.80. The molecule has 1 heterocycles. The number of halogens is 1. The molecule has 6 heteroatoms. The number of carbonyl (C=O) groups is 2. The fraction of sp³-hybridized carbons (Fsp3) is 0.280. The van der Waals surface area contributed by atoms with Crippen molar-refractivity contribution in [2.45, 2.75) is 19.8 Å². The second kappa shape index (κ2) is 8.98. The average molecular weight is 437 g/mol. The second-order valence-corrected chi connectivity index (χ2v) is 8.35. The van der Waals surface area contributed by atoms with Gasteiger partial charge in [-0.1, -0.05) is 41.9 Å². The number of rotatable bonds is 4.